The summed E-state index contributed by atoms with van der Waals surface area (Å²) < 4.78 is 0. The molecule has 0 bridgehead atoms. The van der Waals surface area contributed by atoms with Crippen molar-refractivity contribution in [1.29, 1.82) is 5.26 Å². The van der Waals surface area contributed by atoms with E-state index in [1.807, 2.05) is 6.07 Å². The minimum atomic E-state index is -0.257. The second-order valence-electron chi connectivity index (χ2n) is 2.48. The number of carbonyl (C=O) groups is 1. The molecule has 0 atom stereocenters. The summed E-state index contributed by atoms with van der Waals surface area (Å²) in [5.74, 6) is -0.257. The Hall–Kier alpha value is -1.89. The maximum atomic E-state index is 11.3. The number of aryl methyl sites for hydroxylation is 1. The largest absolute Gasteiger partial charge is 0.339 e. The predicted molar refractivity (Wildman–Crippen MR) is 46.9 cm³/mol. The molecule has 13 heavy (non-hydrogen) atoms. The molecule has 0 saturated carbocycles. The van der Waals surface area contributed by atoms with Crippen molar-refractivity contribution in [2.45, 2.75) is 6.92 Å². The van der Waals surface area contributed by atoms with Crippen molar-refractivity contribution < 1.29 is 4.79 Å². The smallest absolute Gasteiger partial charge is 0.253 e. The van der Waals surface area contributed by atoms with Crippen molar-refractivity contribution in [3.63, 3.8) is 0 Å². The van der Waals surface area contributed by atoms with Crippen LogP contribution in [0.25, 0.3) is 0 Å². The zero-order valence-electron chi connectivity index (χ0n) is 7.24. The summed E-state index contributed by atoms with van der Waals surface area (Å²) in [5, 5.41) is 10.7. The Bertz CT molecular complexity index is 354. The van der Waals surface area contributed by atoms with Gasteiger partial charge in [-0.2, -0.15) is 5.26 Å². The highest BCUT2D eigenvalue weighted by molar-refractivity contribution is 5.95. The van der Waals surface area contributed by atoms with Crippen LogP contribution in [0.15, 0.2) is 18.3 Å². The Morgan fingerprint density at radius 2 is 2.54 bits per heavy atom. The number of carbonyl (C=O) groups excluding carboxylic acids is 1. The first-order valence-electron chi connectivity index (χ1n) is 3.82. The lowest BCUT2D eigenvalue weighted by Gasteiger charge is -2.02. The van der Waals surface area contributed by atoms with Crippen molar-refractivity contribution in [3.05, 3.63) is 29.6 Å². The van der Waals surface area contributed by atoms with Crippen LogP contribution in [0.1, 0.15) is 16.1 Å². The third-order valence-corrected chi connectivity index (χ3v) is 1.58. The number of nitrogens with zero attached hydrogens (tertiary/aromatic N) is 2. The maximum Gasteiger partial charge on any atom is 0.253 e. The molecule has 1 amide bonds. The van der Waals surface area contributed by atoms with Gasteiger partial charge in [-0.1, -0.05) is 0 Å². The molecular formula is C9H9N3O. The predicted octanol–water partition coefficient (Wildman–Crippen LogP) is 0.643. The summed E-state index contributed by atoms with van der Waals surface area (Å²) in [4.78, 5) is 15.3. The van der Waals surface area contributed by atoms with Gasteiger partial charge < -0.3 is 5.32 Å². The Labute approximate surface area is 76.2 Å². The fraction of sp³-hybridized carbons (Fsp3) is 0.222. The minimum Gasteiger partial charge on any atom is -0.339 e. The second-order valence-corrected chi connectivity index (χ2v) is 2.48. The first kappa shape index (κ1) is 9.20. The van der Waals surface area contributed by atoms with Gasteiger partial charge in [0.05, 0.1) is 11.6 Å². The summed E-state index contributed by atoms with van der Waals surface area (Å²) in [5.41, 5.74) is 1.18. The fourth-order valence-corrected chi connectivity index (χ4v) is 0.939. The SMILES string of the molecule is Cc1ncccc1C(=O)NCC#N. The molecule has 1 rings (SSSR count). The highest BCUT2D eigenvalue weighted by Gasteiger charge is 2.07. The molecule has 4 heteroatoms. The lowest BCUT2D eigenvalue weighted by Crippen LogP contribution is -2.24. The molecule has 1 heterocycles. The first-order chi connectivity index (χ1) is 6.25. The average Bonchev–Trinajstić information content (AvgIpc) is 2.15. The fourth-order valence-electron chi connectivity index (χ4n) is 0.939. The lowest BCUT2D eigenvalue weighted by atomic mass is 10.2. The van der Waals surface area contributed by atoms with Crippen LogP contribution in [0.5, 0.6) is 0 Å². The molecular weight excluding hydrogens is 166 g/mol. The van der Waals surface area contributed by atoms with E-state index >= 15 is 0 Å². The van der Waals surface area contributed by atoms with Gasteiger partial charge in [-0.3, -0.25) is 9.78 Å². The highest BCUT2D eigenvalue weighted by atomic mass is 16.1. The maximum absolute atomic E-state index is 11.3. The summed E-state index contributed by atoms with van der Waals surface area (Å²) >= 11 is 0. The van der Waals surface area contributed by atoms with Crippen LogP contribution in [-0.2, 0) is 0 Å². The van der Waals surface area contributed by atoms with Crippen molar-refractivity contribution in [2.75, 3.05) is 6.54 Å². The Morgan fingerprint density at radius 1 is 1.77 bits per heavy atom. The zero-order valence-corrected chi connectivity index (χ0v) is 7.24. The van der Waals surface area contributed by atoms with Gasteiger partial charge >= 0.3 is 0 Å². The summed E-state index contributed by atoms with van der Waals surface area (Å²) in [6.45, 7) is 1.77. The van der Waals surface area contributed by atoms with Crippen LogP contribution in [-0.4, -0.2) is 17.4 Å². The third kappa shape index (κ3) is 2.27. The van der Waals surface area contributed by atoms with E-state index in [1.165, 1.54) is 0 Å². The molecule has 0 fully saturated rings. The van der Waals surface area contributed by atoms with Gasteiger partial charge in [0.1, 0.15) is 6.54 Å². The summed E-state index contributed by atoms with van der Waals surface area (Å²) in [7, 11) is 0. The molecule has 0 aliphatic rings. The lowest BCUT2D eigenvalue weighted by molar-refractivity contribution is 0.0957. The van der Waals surface area contributed by atoms with E-state index in [4.69, 9.17) is 5.26 Å². The number of rotatable bonds is 2. The van der Waals surface area contributed by atoms with E-state index in [1.54, 1.807) is 25.3 Å². The molecule has 1 N–H and O–H groups in total. The Morgan fingerprint density at radius 3 is 3.15 bits per heavy atom. The Balaban J connectivity index is 2.78. The van der Waals surface area contributed by atoms with Gasteiger partial charge in [-0.25, -0.2) is 0 Å². The minimum absolute atomic E-state index is 0.0210. The topological polar surface area (TPSA) is 65.8 Å². The monoisotopic (exact) mass is 175 g/mol. The number of amides is 1. The number of nitriles is 1. The molecule has 4 nitrogen and oxygen atoms in total. The van der Waals surface area contributed by atoms with Crippen molar-refractivity contribution >= 4 is 5.91 Å². The van der Waals surface area contributed by atoms with Crippen LogP contribution in [0.3, 0.4) is 0 Å². The van der Waals surface area contributed by atoms with Crippen molar-refractivity contribution in [2.24, 2.45) is 0 Å². The Kier molecular flexibility index (Phi) is 2.98. The van der Waals surface area contributed by atoms with Gasteiger partial charge in [0, 0.05) is 11.9 Å². The normalized spacial score (nSPS) is 8.92. The summed E-state index contributed by atoms with van der Waals surface area (Å²) in [6.07, 6.45) is 1.62. The second kappa shape index (κ2) is 4.21. The van der Waals surface area contributed by atoms with Gasteiger partial charge in [0.25, 0.3) is 5.91 Å². The van der Waals surface area contributed by atoms with Crippen molar-refractivity contribution in [3.8, 4) is 6.07 Å². The number of hydrogen-bond donors (Lipinski definition) is 1. The molecule has 0 aliphatic heterocycles. The van der Waals surface area contributed by atoms with Crippen LogP contribution in [0, 0.1) is 18.3 Å². The number of pyridine rings is 1. The van der Waals surface area contributed by atoms with Crippen LogP contribution in [0.4, 0.5) is 0 Å². The van der Waals surface area contributed by atoms with E-state index in [9.17, 15) is 4.79 Å². The van der Waals surface area contributed by atoms with Gasteiger partial charge in [-0.15, -0.1) is 0 Å². The molecule has 66 valence electrons. The van der Waals surface area contributed by atoms with E-state index in [0.717, 1.165) is 0 Å². The van der Waals surface area contributed by atoms with Crippen molar-refractivity contribution in [1.82, 2.24) is 10.3 Å². The number of hydrogen-bond acceptors (Lipinski definition) is 3. The van der Waals surface area contributed by atoms with Crippen LogP contribution in [0.2, 0.25) is 0 Å². The van der Waals surface area contributed by atoms with Gasteiger partial charge in [0.15, 0.2) is 0 Å². The average molecular weight is 175 g/mol. The molecule has 0 radical (unpaired) electrons. The van der Waals surface area contributed by atoms with Crippen LogP contribution >= 0.6 is 0 Å². The first-order valence-corrected chi connectivity index (χ1v) is 3.82. The number of nitrogens with one attached hydrogen (secondary N) is 1. The molecule has 0 aromatic carbocycles. The molecule has 0 aliphatic carbocycles. The van der Waals surface area contributed by atoms with E-state index in [-0.39, 0.29) is 12.5 Å². The quantitative estimate of drug-likeness (QED) is 0.671. The highest BCUT2D eigenvalue weighted by Crippen LogP contribution is 2.02. The van der Waals surface area contributed by atoms with E-state index in [2.05, 4.69) is 10.3 Å². The van der Waals surface area contributed by atoms with E-state index in [0.29, 0.717) is 11.3 Å². The summed E-state index contributed by atoms with van der Waals surface area (Å²) in [6, 6.07) is 5.20. The molecule has 0 spiro atoms. The molecule has 1 aromatic rings. The van der Waals surface area contributed by atoms with E-state index < -0.39 is 0 Å². The standard InChI is InChI=1S/C9H9N3O/c1-7-8(3-2-5-11-7)9(13)12-6-4-10/h2-3,5H,6H2,1H3,(H,12,13). The number of aromatic nitrogens is 1. The van der Waals surface area contributed by atoms with Crippen LogP contribution < -0.4 is 5.32 Å². The molecule has 0 saturated heterocycles. The molecule has 0 unspecified atom stereocenters. The molecule has 1 aromatic heterocycles. The van der Waals surface area contributed by atoms with Gasteiger partial charge in [-0.05, 0) is 19.1 Å². The third-order valence-electron chi connectivity index (χ3n) is 1.58. The zero-order chi connectivity index (χ0) is 9.68. The van der Waals surface area contributed by atoms with Gasteiger partial charge in [0.2, 0.25) is 0 Å².